The molecule has 1 heterocycles. The van der Waals surface area contributed by atoms with Crippen molar-refractivity contribution in [2.75, 3.05) is 6.61 Å². The predicted octanol–water partition coefficient (Wildman–Crippen LogP) is 0.808. The van der Waals surface area contributed by atoms with E-state index in [-0.39, 0.29) is 11.7 Å². The second kappa shape index (κ2) is 4.28. The molecule has 0 fully saturated rings. The van der Waals surface area contributed by atoms with Crippen molar-refractivity contribution in [3.63, 3.8) is 0 Å². The van der Waals surface area contributed by atoms with E-state index < -0.39 is 12.3 Å². The van der Waals surface area contributed by atoms with Gasteiger partial charge in [0.25, 0.3) is 0 Å². The van der Waals surface area contributed by atoms with Gasteiger partial charge in [0.05, 0.1) is 6.61 Å². The third-order valence-electron chi connectivity index (χ3n) is 1.75. The number of aliphatic hydroxyl groups is 1. The standard InChI is InChI=1S/C9H14O4/c1-3-12-9(11)7-4-6(2)5-8(10)13-7/h4,6,8,10H,3,5H2,1-2H3. The second-order valence-corrected chi connectivity index (χ2v) is 3.04. The van der Waals surface area contributed by atoms with Crippen molar-refractivity contribution in [1.82, 2.24) is 0 Å². The number of carbonyl (C=O) groups excluding carboxylic acids is 1. The van der Waals surface area contributed by atoms with E-state index in [1.807, 2.05) is 6.92 Å². The Morgan fingerprint density at radius 1 is 1.85 bits per heavy atom. The lowest BCUT2D eigenvalue weighted by atomic mass is 10.0. The molecule has 0 spiro atoms. The Hall–Kier alpha value is -1.03. The number of ether oxygens (including phenoxy) is 2. The molecule has 74 valence electrons. The summed E-state index contributed by atoms with van der Waals surface area (Å²) in [7, 11) is 0. The van der Waals surface area contributed by atoms with Crippen LogP contribution in [0.3, 0.4) is 0 Å². The summed E-state index contributed by atoms with van der Waals surface area (Å²) >= 11 is 0. The van der Waals surface area contributed by atoms with Gasteiger partial charge in [-0.15, -0.1) is 0 Å². The molecule has 1 N–H and O–H groups in total. The maximum atomic E-state index is 11.2. The molecule has 0 saturated heterocycles. The summed E-state index contributed by atoms with van der Waals surface area (Å²) in [4.78, 5) is 11.2. The summed E-state index contributed by atoms with van der Waals surface area (Å²) in [5.41, 5.74) is 0. The summed E-state index contributed by atoms with van der Waals surface area (Å²) in [6.07, 6.45) is 1.30. The Balaban J connectivity index is 2.62. The van der Waals surface area contributed by atoms with Gasteiger partial charge < -0.3 is 14.6 Å². The van der Waals surface area contributed by atoms with E-state index in [9.17, 15) is 9.90 Å². The zero-order chi connectivity index (χ0) is 9.84. The topological polar surface area (TPSA) is 55.8 Å². The van der Waals surface area contributed by atoms with Crippen molar-refractivity contribution in [2.24, 2.45) is 5.92 Å². The largest absolute Gasteiger partial charge is 0.460 e. The Morgan fingerprint density at radius 2 is 2.54 bits per heavy atom. The number of rotatable bonds is 2. The average molecular weight is 186 g/mol. The minimum atomic E-state index is -0.889. The molecule has 2 atom stereocenters. The Bertz CT molecular complexity index is 222. The van der Waals surface area contributed by atoms with Crippen molar-refractivity contribution in [3.05, 3.63) is 11.8 Å². The average Bonchev–Trinajstić information content (AvgIpc) is 2.03. The lowest BCUT2D eigenvalue weighted by Gasteiger charge is -2.22. The van der Waals surface area contributed by atoms with E-state index >= 15 is 0 Å². The van der Waals surface area contributed by atoms with Gasteiger partial charge in [0.15, 0.2) is 6.29 Å². The molecular formula is C9H14O4. The zero-order valence-corrected chi connectivity index (χ0v) is 7.82. The van der Waals surface area contributed by atoms with Crippen LogP contribution in [-0.2, 0) is 14.3 Å². The van der Waals surface area contributed by atoms with Crippen molar-refractivity contribution >= 4 is 5.97 Å². The molecule has 1 aliphatic heterocycles. The molecule has 13 heavy (non-hydrogen) atoms. The summed E-state index contributed by atoms with van der Waals surface area (Å²) in [5.74, 6) is -0.246. The summed E-state index contributed by atoms with van der Waals surface area (Å²) in [5, 5.41) is 9.20. The molecule has 0 aliphatic carbocycles. The van der Waals surface area contributed by atoms with Gasteiger partial charge in [0.2, 0.25) is 5.76 Å². The highest BCUT2D eigenvalue weighted by molar-refractivity contribution is 5.86. The Labute approximate surface area is 77.1 Å². The van der Waals surface area contributed by atoms with Crippen molar-refractivity contribution in [1.29, 1.82) is 0 Å². The molecule has 4 nitrogen and oxygen atoms in total. The number of allylic oxidation sites excluding steroid dienone is 1. The Morgan fingerprint density at radius 3 is 3.08 bits per heavy atom. The fourth-order valence-electron chi connectivity index (χ4n) is 1.20. The Kier molecular flexibility index (Phi) is 3.31. The van der Waals surface area contributed by atoms with Crippen molar-refractivity contribution in [2.45, 2.75) is 26.6 Å². The molecule has 0 radical (unpaired) electrons. The minimum absolute atomic E-state index is 0.119. The molecule has 0 amide bonds. The van der Waals surface area contributed by atoms with E-state index in [1.54, 1.807) is 13.0 Å². The van der Waals surface area contributed by atoms with E-state index in [0.717, 1.165) is 0 Å². The first kappa shape index (κ1) is 10.1. The molecule has 1 rings (SSSR count). The van der Waals surface area contributed by atoms with Gasteiger partial charge in [0, 0.05) is 6.42 Å². The zero-order valence-electron chi connectivity index (χ0n) is 7.82. The van der Waals surface area contributed by atoms with Gasteiger partial charge in [-0.05, 0) is 18.9 Å². The quantitative estimate of drug-likeness (QED) is 0.648. The van der Waals surface area contributed by atoms with Crippen LogP contribution in [0, 0.1) is 5.92 Å². The molecule has 0 bridgehead atoms. The molecule has 0 saturated carbocycles. The fraction of sp³-hybridized carbons (Fsp3) is 0.667. The second-order valence-electron chi connectivity index (χ2n) is 3.04. The molecule has 1 aliphatic rings. The van der Waals surface area contributed by atoms with Gasteiger partial charge in [0.1, 0.15) is 0 Å². The molecule has 0 aromatic rings. The first-order chi connectivity index (χ1) is 6.13. The van der Waals surface area contributed by atoms with E-state index in [4.69, 9.17) is 9.47 Å². The maximum absolute atomic E-state index is 11.2. The molecule has 4 heteroatoms. The van der Waals surface area contributed by atoms with Crippen LogP contribution in [0.4, 0.5) is 0 Å². The summed E-state index contributed by atoms with van der Waals surface area (Å²) in [6, 6.07) is 0. The van der Waals surface area contributed by atoms with E-state index in [0.29, 0.717) is 13.0 Å². The third kappa shape index (κ3) is 2.73. The van der Waals surface area contributed by atoms with E-state index in [1.165, 1.54) is 0 Å². The number of hydrogen-bond acceptors (Lipinski definition) is 4. The van der Waals surface area contributed by atoms with Gasteiger partial charge in [-0.1, -0.05) is 6.92 Å². The summed E-state index contributed by atoms with van der Waals surface area (Å²) < 4.78 is 9.65. The lowest BCUT2D eigenvalue weighted by molar-refractivity contribution is -0.152. The highest BCUT2D eigenvalue weighted by Crippen LogP contribution is 2.20. The normalized spacial score (nSPS) is 27.5. The maximum Gasteiger partial charge on any atom is 0.373 e. The smallest absolute Gasteiger partial charge is 0.373 e. The first-order valence-corrected chi connectivity index (χ1v) is 4.37. The van der Waals surface area contributed by atoms with E-state index in [2.05, 4.69) is 0 Å². The van der Waals surface area contributed by atoms with Crippen LogP contribution >= 0.6 is 0 Å². The van der Waals surface area contributed by atoms with Crippen LogP contribution in [0.1, 0.15) is 20.3 Å². The van der Waals surface area contributed by atoms with Crippen LogP contribution in [-0.4, -0.2) is 24.0 Å². The highest BCUT2D eigenvalue weighted by atomic mass is 16.6. The lowest BCUT2D eigenvalue weighted by Crippen LogP contribution is -2.24. The van der Waals surface area contributed by atoms with Crippen molar-refractivity contribution in [3.8, 4) is 0 Å². The van der Waals surface area contributed by atoms with Crippen LogP contribution < -0.4 is 0 Å². The molecular weight excluding hydrogens is 172 g/mol. The molecule has 0 aromatic carbocycles. The van der Waals surface area contributed by atoms with Gasteiger partial charge >= 0.3 is 5.97 Å². The summed E-state index contributed by atoms with van der Waals surface area (Å²) in [6.45, 7) is 3.94. The monoisotopic (exact) mass is 186 g/mol. The number of carbonyl (C=O) groups is 1. The number of esters is 1. The van der Waals surface area contributed by atoms with Gasteiger partial charge in [-0.3, -0.25) is 0 Å². The fourth-order valence-corrected chi connectivity index (χ4v) is 1.20. The van der Waals surface area contributed by atoms with Crippen LogP contribution in [0.15, 0.2) is 11.8 Å². The van der Waals surface area contributed by atoms with Gasteiger partial charge in [-0.2, -0.15) is 0 Å². The highest BCUT2D eigenvalue weighted by Gasteiger charge is 2.23. The third-order valence-corrected chi connectivity index (χ3v) is 1.75. The van der Waals surface area contributed by atoms with Crippen LogP contribution in [0.25, 0.3) is 0 Å². The minimum Gasteiger partial charge on any atom is -0.460 e. The number of aliphatic hydroxyl groups excluding tert-OH is 1. The SMILES string of the molecule is CCOC(=O)C1=CC(C)CC(O)O1. The van der Waals surface area contributed by atoms with Crippen LogP contribution in [0.2, 0.25) is 0 Å². The van der Waals surface area contributed by atoms with Crippen molar-refractivity contribution < 1.29 is 19.4 Å². The first-order valence-electron chi connectivity index (χ1n) is 4.37. The van der Waals surface area contributed by atoms with Crippen LogP contribution in [0.5, 0.6) is 0 Å². The predicted molar refractivity (Wildman–Crippen MR) is 45.6 cm³/mol. The molecule has 2 unspecified atom stereocenters. The number of hydrogen-bond donors (Lipinski definition) is 1. The van der Waals surface area contributed by atoms with Gasteiger partial charge in [-0.25, -0.2) is 4.79 Å². The molecule has 0 aromatic heterocycles.